The summed E-state index contributed by atoms with van der Waals surface area (Å²) in [5, 5.41) is 10.9. The first-order chi connectivity index (χ1) is 35.2. The maximum absolute atomic E-state index is 13.6. The molecule has 0 aliphatic carbocycles. The number of aryl methyl sites for hydroxylation is 2. The van der Waals surface area contributed by atoms with Crippen molar-refractivity contribution in [2.75, 3.05) is 77.1 Å². The number of amides is 6. The normalized spacial score (nSPS) is 18.8. The predicted molar refractivity (Wildman–Crippen MR) is 278 cm³/mol. The number of furan rings is 2. The highest BCUT2D eigenvalue weighted by atomic mass is 16.3. The minimum atomic E-state index is -0.783. The third kappa shape index (κ3) is 13.4. The number of fused-ring (bicyclic) bond motifs is 2. The highest BCUT2D eigenvalue weighted by molar-refractivity contribution is 6.11. The summed E-state index contributed by atoms with van der Waals surface area (Å²) in [6.07, 6.45) is 9.75. The van der Waals surface area contributed by atoms with Crippen molar-refractivity contribution in [1.82, 2.24) is 34.8 Å². The van der Waals surface area contributed by atoms with Crippen LogP contribution in [0.25, 0.3) is 21.9 Å². The molecule has 6 amide bonds. The van der Waals surface area contributed by atoms with Crippen LogP contribution in [0.3, 0.4) is 0 Å². The number of carbonyl (C=O) groups excluding carboxylic acids is 6. The van der Waals surface area contributed by atoms with Crippen LogP contribution in [-0.4, -0.2) is 155 Å². The number of likely N-dealkylation sites (tertiary alicyclic amines) is 4. The Bertz CT molecular complexity index is 2880. The smallest absolute Gasteiger partial charge is 0.271 e. The minimum absolute atomic E-state index is 0.0279. The summed E-state index contributed by atoms with van der Waals surface area (Å²) in [6.45, 7) is 8.04. The molecule has 0 spiro atoms. The Balaban J connectivity index is 0.000000207. The van der Waals surface area contributed by atoms with Gasteiger partial charge in [0.1, 0.15) is 40.5 Å². The van der Waals surface area contributed by atoms with E-state index in [4.69, 9.17) is 19.6 Å². The summed E-state index contributed by atoms with van der Waals surface area (Å²) >= 11 is 0. The van der Waals surface area contributed by atoms with Gasteiger partial charge in [-0.3, -0.25) is 39.1 Å². The predicted octanol–water partition coefficient (Wildman–Crippen LogP) is 5.51. The van der Waals surface area contributed by atoms with Gasteiger partial charge in [0.2, 0.25) is 29.6 Å². The first-order valence-electron chi connectivity index (χ1n) is 25.2. The van der Waals surface area contributed by atoms with Crippen molar-refractivity contribution in [3.05, 3.63) is 89.6 Å². The molecule has 1 unspecified atom stereocenters. The molecular formula is C53H66N12O8. The molecular weight excluding hydrogens is 933 g/mol. The van der Waals surface area contributed by atoms with E-state index in [1.54, 1.807) is 30.0 Å². The van der Waals surface area contributed by atoms with E-state index in [1.165, 1.54) is 23.2 Å². The fraction of sp³-hybridized carbons (Fsp3) is 0.453. The number of benzene rings is 2. The topological polar surface area (TPSA) is 245 Å². The van der Waals surface area contributed by atoms with Crippen molar-refractivity contribution in [2.45, 2.75) is 90.1 Å². The quantitative estimate of drug-likeness (QED) is 0.100. The summed E-state index contributed by atoms with van der Waals surface area (Å²) in [6, 6.07) is 16.7. The van der Waals surface area contributed by atoms with Crippen LogP contribution < -0.4 is 21.7 Å². The van der Waals surface area contributed by atoms with E-state index in [9.17, 15) is 28.8 Å². The summed E-state index contributed by atoms with van der Waals surface area (Å²) < 4.78 is 11.3. The maximum Gasteiger partial charge on any atom is 0.271 e. The Labute approximate surface area is 424 Å². The molecule has 5 aromatic rings. The van der Waals surface area contributed by atoms with Crippen LogP contribution >= 0.6 is 0 Å². The standard InChI is InChI=1S/C31H37N7O5.C22H29N5O3/c1-20-16-22-17-23(10-12-26(22)43-20)33-31(35-28(40)21-9-11-24(32-18-21)29(41)36(2)3)34-25-8-4-5-15-38(30(25)42)19-27(39)37-13-6-7-14-37;1-15-12-16-13-17(7-8-19(16)30-15)24-22(23)25-18-6-2-3-11-27(21(18)29)14-20(28)26-9-4-5-10-26/h9-12,16-18,25H,4-8,13-15,19H2,1-3H3,(H2,33,34,35,40);7-8,12-13,18H,2-6,9-11,14H2,1H3,(H3,23,24,25)/t;18-/m.0/s1. The molecule has 9 rings (SSSR count). The van der Waals surface area contributed by atoms with Crippen molar-refractivity contribution in [2.24, 2.45) is 15.7 Å². The molecule has 3 aromatic heterocycles. The Kier molecular flexibility index (Phi) is 16.7. The number of rotatable bonds is 10. The van der Waals surface area contributed by atoms with E-state index in [2.05, 4.69) is 25.9 Å². The first-order valence-corrected chi connectivity index (χ1v) is 25.2. The summed E-state index contributed by atoms with van der Waals surface area (Å²) in [4.78, 5) is 99.1. The fourth-order valence-electron chi connectivity index (χ4n) is 9.49. The second kappa shape index (κ2) is 23.6. The van der Waals surface area contributed by atoms with Crippen LogP contribution in [0, 0.1) is 13.8 Å². The first kappa shape index (κ1) is 51.6. The molecule has 5 N–H and O–H groups in total. The van der Waals surface area contributed by atoms with E-state index in [1.807, 2.05) is 66.1 Å². The summed E-state index contributed by atoms with van der Waals surface area (Å²) in [7, 11) is 3.25. The number of aliphatic imine (C=N–C) groups is 2. The van der Waals surface area contributed by atoms with Crippen molar-refractivity contribution in [1.29, 1.82) is 0 Å². The second-order valence-electron chi connectivity index (χ2n) is 19.3. The third-order valence-corrected chi connectivity index (χ3v) is 13.4. The van der Waals surface area contributed by atoms with Gasteiger partial charge in [-0.1, -0.05) is 0 Å². The number of carbonyl (C=O) groups is 6. The molecule has 2 aromatic carbocycles. The Morgan fingerprint density at radius 2 is 1.15 bits per heavy atom. The molecule has 4 fully saturated rings. The lowest BCUT2D eigenvalue weighted by Gasteiger charge is -2.25. The number of hydrogen-bond acceptors (Lipinski definition) is 11. The minimum Gasteiger partial charge on any atom is -0.461 e. The van der Waals surface area contributed by atoms with E-state index >= 15 is 0 Å². The number of nitrogens with two attached hydrogens (primary N) is 1. The Morgan fingerprint density at radius 1 is 0.658 bits per heavy atom. The number of anilines is 2. The second-order valence-corrected chi connectivity index (χ2v) is 19.3. The van der Waals surface area contributed by atoms with Crippen molar-refractivity contribution in [3.8, 4) is 0 Å². The molecule has 0 bridgehead atoms. The number of guanidine groups is 2. The van der Waals surface area contributed by atoms with E-state index < -0.39 is 18.0 Å². The van der Waals surface area contributed by atoms with Crippen LogP contribution in [0.2, 0.25) is 0 Å². The summed E-state index contributed by atoms with van der Waals surface area (Å²) in [5.74, 6) is 0.727. The van der Waals surface area contributed by atoms with Crippen LogP contribution in [0.1, 0.15) is 96.6 Å². The molecule has 4 aliphatic rings. The Morgan fingerprint density at radius 3 is 1.64 bits per heavy atom. The molecule has 20 heteroatoms. The van der Waals surface area contributed by atoms with Crippen LogP contribution in [0.15, 0.2) is 85.7 Å². The lowest BCUT2D eigenvalue weighted by atomic mass is 10.1. The SMILES string of the molecule is Cc1cc2cc(NC(=NC3CCCCN(CC(=O)N4CCCC4)C3=O)NC(=O)c3ccc(C(=O)N(C)C)nc3)ccc2o1.Cc1cc2cc(NC(N)=N[C@H]3CCCCN(CC(=O)N4CCCC4)C3=O)ccc2o1. The summed E-state index contributed by atoms with van der Waals surface area (Å²) in [5.41, 5.74) is 9.50. The van der Waals surface area contributed by atoms with Gasteiger partial charge < -0.3 is 49.7 Å². The van der Waals surface area contributed by atoms with Crippen LogP contribution in [0.4, 0.5) is 11.4 Å². The van der Waals surface area contributed by atoms with E-state index in [-0.39, 0.29) is 65.8 Å². The van der Waals surface area contributed by atoms with Gasteiger partial charge in [-0.05, 0) is 139 Å². The van der Waals surface area contributed by atoms with Gasteiger partial charge in [0.05, 0.1) is 18.7 Å². The molecule has 7 heterocycles. The number of aromatic nitrogens is 1. The Hall–Kier alpha value is -7.77. The maximum atomic E-state index is 13.6. The zero-order chi connectivity index (χ0) is 51.6. The average Bonchev–Trinajstić information content (AvgIpc) is 4.20. The largest absolute Gasteiger partial charge is 0.461 e. The van der Waals surface area contributed by atoms with Crippen molar-refractivity contribution < 1.29 is 37.6 Å². The van der Waals surface area contributed by atoms with E-state index in [0.29, 0.717) is 31.6 Å². The molecule has 4 saturated heterocycles. The highest BCUT2D eigenvalue weighted by Crippen LogP contribution is 2.25. The molecule has 4 aliphatic heterocycles. The highest BCUT2D eigenvalue weighted by Gasteiger charge is 2.32. The fourth-order valence-corrected chi connectivity index (χ4v) is 9.49. The van der Waals surface area contributed by atoms with Crippen LogP contribution in [0.5, 0.6) is 0 Å². The average molecular weight is 999 g/mol. The van der Waals surface area contributed by atoms with Gasteiger partial charge in [-0.15, -0.1) is 0 Å². The van der Waals surface area contributed by atoms with Crippen molar-refractivity contribution >= 4 is 80.7 Å². The number of pyridine rings is 1. The number of nitrogens with zero attached hydrogens (tertiary/aromatic N) is 8. The third-order valence-electron chi connectivity index (χ3n) is 13.4. The zero-order valence-electron chi connectivity index (χ0n) is 42.2. The van der Waals surface area contributed by atoms with Gasteiger partial charge in [0.25, 0.3) is 11.8 Å². The van der Waals surface area contributed by atoms with Crippen LogP contribution in [-0.2, 0) is 19.2 Å². The van der Waals surface area contributed by atoms with Gasteiger partial charge in [-0.25, -0.2) is 9.98 Å². The monoisotopic (exact) mass is 999 g/mol. The lowest BCUT2D eigenvalue weighted by Crippen LogP contribution is -2.45. The zero-order valence-corrected chi connectivity index (χ0v) is 42.2. The lowest BCUT2D eigenvalue weighted by molar-refractivity contribution is -0.140. The van der Waals surface area contributed by atoms with Gasteiger partial charge in [0, 0.05) is 81.7 Å². The van der Waals surface area contributed by atoms with Gasteiger partial charge >= 0.3 is 0 Å². The van der Waals surface area contributed by atoms with Crippen molar-refractivity contribution in [3.63, 3.8) is 0 Å². The van der Waals surface area contributed by atoms with E-state index in [0.717, 1.165) is 117 Å². The molecule has 2 atom stereocenters. The molecule has 20 nitrogen and oxygen atoms in total. The number of hydrogen-bond donors (Lipinski definition) is 4. The number of nitrogens with one attached hydrogen (secondary N) is 3. The van der Waals surface area contributed by atoms with Gasteiger partial charge in [0.15, 0.2) is 5.96 Å². The molecule has 73 heavy (non-hydrogen) atoms. The molecule has 0 saturated carbocycles. The molecule has 0 radical (unpaired) electrons. The molecule has 386 valence electrons. The van der Waals surface area contributed by atoms with Gasteiger partial charge in [-0.2, -0.15) is 0 Å².